The first-order valence-electron chi connectivity index (χ1n) is 11.1. The molecule has 39 heavy (non-hydrogen) atoms. The Bertz CT molecular complexity index is 1410. The second-order valence-corrected chi connectivity index (χ2v) is 11.2. The van der Waals surface area contributed by atoms with E-state index in [1.54, 1.807) is 23.9 Å². The Morgan fingerprint density at radius 3 is 2.79 bits per heavy atom. The average molecular weight is 595 g/mol. The zero-order chi connectivity index (χ0) is 28.4. The van der Waals surface area contributed by atoms with Crippen LogP contribution in [0.25, 0.3) is 0 Å². The van der Waals surface area contributed by atoms with Crippen molar-refractivity contribution in [1.29, 1.82) is 0 Å². The molecule has 2 aliphatic heterocycles. The summed E-state index contributed by atoms with van der Waals surface area (Å²) < 4.78 is 1.73. The van der Waals surface area contributed by atoms with Crippen LogP contribution in [-0.4, -0.2) is 78.5 Å². The van der Waals surface area contributed by atoms with E-state index < -0.39 is 47.0 Å². The van der Waals surface area contributed by atoms with Gasteiger partial charge >= 0.3 is 11.1 Å². The third-order valence-electron chi connectivity index (χ3n) is 5.53. The highest BCUT2D eigenvalue weighted by Gasteiger charge is 2.53. The van der Waals surface area contributed by atoms with Gasteiger partial charge in [-0.3, -0.25) is 14.5 Å². The number of hydrogen-bond donors (Lipinski definition) is 4. The number of aromatic nitrogens is 3. The van der Waals surface area contributed by atoms with Gasteiger partial charge in [0.2, 0.25) is 11.9 Å². The first kappa shape index (κ1) is 28.1. The zero-order valence-corrected chi connectivity index (χ0v) is 22.8. The summed E-state index contributed by atoms with van der Waals surface area (Å²) in [6.07, 6.45) is 0.358. The summed E-state index contributed by atoms with van der Waals surface area (Å²) in [4.78, 5) is 63.4. The summed E-state index contributed by atoms with van der Waals surface area (Å²) in [5.74, 6) is -3.58. The van der Waals surface area contributed by atoms with Gasteiger partial charge in [0, 0.05) is 23.0 Å². The lowest BCUT2D eigenvalue weighted by atomic mass is 10.0. The Hall–Kier alpha value is -3.90. The molecule has 6 N–H and O–H groups in total. The van der Waals surface area contributed by atoms with Gasteiger partial charge in [0.1, 0.15) is 17.1 Å². The van der Waals surface area contributed by atoms with Crippen molar-refractivity contribution in [2.24, 2.45) is 12.2 Å². The molecule has 0 aliphatic carbocycles. The van der Waals surface area contributed by atoms with Gasteiger partial charge in [-0.05, 0) is 29.2 Å². The van der Waals surface area contributed by atoms with E-state index in [1.165, 1.54) is 35.8 Å². The highest BCUT2D eigenvalue weighted by atomic mass is 32.2. The number of nitrogen functional groups attached to an aromatic ring is 2. The molecular formula is C21H22N8O7S3. The number of carboxylic acid groups (broad SMARTS) is 2. The molecule has 1 saturated heterocycles. The van der Waals surface area contributed by atoms with Gasteiger partial charge in [-0.2, -0.15) is 0 Å². The van der Waals surface area contributed by atoms with E-state index >= 15 is 0 Å². The minimum Gasteiger partial charge on any atom is -0.543 e. The maximum absolute atomic E-state index is 13.1. The summed E-state index contributed by atoms with van der Waals surface area (Å²) in [5, 5.41) is 28.6. The number of nitrogens with zero attached hydrogens (tertiary/aromatic N) is 5. The van der Waals surface area contributed by atoms with Gasteiger partial charge in [-0.1, -0.05) is 5.16 Å². The van der Waals surface area contributed by atoms with Crippen LogP contribution >= 0.6 is 34.9 Å². The monoisotopic (exact) mass is 594 g/mol. The van der Waals surface area contributed by atoms with Gasteiger partial charge in [-0.25, -0.2) is 14.3 Å². The number of nitrogens with one attached hydrogen (secondary N) is 1. The summed E-state index contributed by atoms with van der Waals surface area (Å²) in [5.41, 5.74) is 11.2. The largest absolute Gasteiger partial charge is 0.543 e. The maximum Gasteiger partial charge on any atom is 0.361 e. The van der Waals surface area contributed by atoms with Gasteiger partial charge < -0.3 is 36.6 Å². The molecule has 0 saturated carbocycles. The number of oxime groups is 1. The van der Waals surface area contributed by atoms with Crippen molar-refractivity contribution in [3.05, 3.63) is 34.6 Å². The number of thioether (sulfide) groups is 2. The van der Waals surface area contributed by atoms with Crippen molar-refractivity contribution in [2.45, 2.75) is 29.6 Å². The predicted octanol–water partition coefficient (Wildman–Crippen LogP) is -2.08. The number of β-lactam (4-membered cyclic amide) rings is 1. The molecule has 206 valence electrons. The standard InChI is InChI=1S/C21H22N8O7S3/c1-8(18(32)33)36-27-12(10-7-38-20(23)24-10)15(30)26-13-16(31)29-14(19(34)35)9(5-37-17(13)29)6-39-21-25-11(22)3-4-28(21)2/h3-4,7-8,13,17,22H,5-6H2,1-2H3,(H5,23,24,26,30,32,33,34,35)/b27-12-/t8-,13?,17+/m0/s1. The van der Waals surface area contributed by atoms with E-state index in [2.05, 4.69) is 20.4 Å². The number of anilines is 2. The average Bonchev–Trinajstić information content (AvgIpc) is 3.32. The predicted molar refractivity (Wildman–Crippen MR) is 139 cm³/mol. The maximum atomic E-state index is 13.1. The number of aryl methyl sites for hydroxylation is 1. The Balaban J connectivity index is 1.51. The van der Waals surface area contributed by atoms with E-state index in [4.69, 9.17) is 21.4 Å². The fourth-order valence-electron chi connectivity index (χ4n) is 3.53. The van der Waals surface area contributed by atoms with Crippen molar-refractivity contribution in [1.82, 2.24) is 20.2 Å². The molecular weight excluding hydrogens is 572 g/mol. The van der Waals surface area contributed by atoms with Crippen molar-refractivity contribution in [3.8, 4) is 0 Å². The van der Waals surface area contributed by atoms with E-state index in [-0.39, 0.29) is 28.0 Å². The number of thiazole rings is 1. The smallest absolute Gasteiger partial charge is 0.361 e. The molecule has 0 spiro atoms. The number of aliphatic carboxylic acids is 2. The van der Waals surface area contributed by atoms with Crippen LogP contribution in [0.15, 0.2) is 39.2 Å². The van der Waals surface area contributed by atoms with Gasteiger partial charge in [0.25, 0.3) is 11.8 Å². The molecule has 2 aromatic rings. The Kier molecular flexibility index (Phi) is 8.26. The molecule has 4 rings (SSSR count). The van der Waals surface area contributed by atoms with Crippen LogP contribution in [0, 0.1) is 0 Å². The van der Waals surface area contributed by atoms with Crippen LogP contribution < -0.4 is 26.5 Å². The summed E-state index contributed by atoms with van der Waals surface area (Å²) in [6, 6.07) is 0.542. The molecule has 2 amide bonds. The first-order valence-corrected chi connectivity index (χ1v) is 14.0. The Morgan fingerprint density at radius 1 is 1.41 bits per heavy atom. The second-order valence-electron chi connectivity index (χ2n) is 8.23. The highest BCUT2D eigenvalue weighted by molar-refractivity contribution is 8.01. The number of carboxylic acids is 2. The van der Waals surface area contributed by atoms with Crippen molar-refractivity contribution in [2.75, 3.05) is 23.0 Å². The Morgan fingerprint density at radius 2 is 2.15 bits per heavy atom. The topological polar surface area (TPSA) is 230 Å². The molecule has 4 heterocycles. The number of amides is 2. The molecule has 15 nitrogen and oxygen atoms in total. The van der Waals surface area contributed by atoms with Crippen LogP contribution in [0.4, 0.5) is 10.9 Å². The molecule has 2 aromatic heterocycles. The molecule has 18 heteroatoms. The number of fused-ring (bicyclic) bond motifs is 1. The minimum absolute atomic E-state index is 0.0190. The van der Waals surface area contributed by atoms with E-state index in [0.717, 1.165) is 16.2 Å². The highest BCUT2D eigenvalue weighted by Crippen LogP contribution is 2.41. The number of carbonyl (C=O) groups excluding carboxylic acids is 3. The summed E-state index contributed by atoms with van der Waals surface area (Å²) >= 11 is 3.54. The van der Waals surface area contributed by atoms with E-state index in [1.807, 2.05) is 0 Å². The molecule has 1 unspecified atom stereocenters. The van der Waals surface area contributed by atoms with Crippen LogP contribution in [0.2, 0.25) is 0 Å². The quantitative estimate of drug-likeness (QED) is 0.0578. The van der Waals surface area contributed by atoms with E-state index in [0.29, 0.717) is 16.5 Å². The fraction of sp³-hybridized carbons (Fsp3) is 0.333. The lowest BCUT2D eigenvalue weighted by molar-refractivity contribution is -0.713. The van der Waals surface area contributed by atoms with Crippen LogP contribution in [0.5, 0.6) is 0 Å². The SMILES string of the molecule is C[C@H](O/N=C(\C(=O)NC1C(=O)N2C(C(=O)[O-])=C(CSc3nc(N)cc[n+]3C)CS[C@H]12)c1csc(N)n1)C(=O)O. The number of rotatable bonds is 10. The summed E-state index contributed by atoms with van der Waals surface area (Å²) in [6.45, 7) is 1.22. The molecule has 0 radical (unpaired) electrons. The number of carbonyl (C=O) groups is 4. The normalized spacial score (nSPS) is 19.7. The third kappa shape index (κ3) is 5.91. The third-order valence-corrected chi connectivity index (χ3v) is 8.67. The van der Waals surface area contributed by atoms with Crippen molar-refractivity contribution < 1.29 is 38.8 Å². The molecule has 3 atom stereocenters. The van der Waals surface area contributed by atoms with Gasteiger partial charge in [0.05, 0.1) is 24.9 Å². The van der Waals surface area contributed by atoms with Crippen LogP contribution in [0.1, 0.15) is 12.6 Å². The molecule has 2 aliphatic rings. The summed E-state index contributed by atoms with van der Waals surface area (Å²) in [7, 11) is 1.77. The van der Waals surface area contributed by atoms with Gasteiger partial charge in [0.15, 0.2) is 10.8 Å². The lowest BCUT2D eigenvalue weighted by Gasteiger charge is -2.50. The van der Waals surface area contributed by atoms with Crippen molar-refractivity contribution >= 4 is 75.3 Å². The second kappa shape index (κ2) is 11.5. The molecule has 1 fully saturated rings. The fourth-order valence-corrected chi connectivity index (χ4v) is 6.53. The zero-order valence-electron chi connectivity index (χ0n) is 20.4. The molecule has 0 aromatic carbocycles. The van der Waals surface area contributed by atoms with E-state index in [9.17, 15) is 24.3 Å². The number of nitrogens with two attached hydrogens (primary N) is 2. The minimum atomic E-state index is -1.52. The molecule has 0 bridgehead atoms. The van der Waals surface area contributed by atoms with Crippen LogP contribution in [0.3, 0.4) is 0 Å². The Labute approximate surface area is 233 Å². The lowest BCUT2D eigenvalue weighted by Crippen LogP contribution is -2.71. The van der Waals surface area contributed by atoms with Gasteiger partial charge in [-0.15, -0.1) is 23.1 Å². The van der Waals surface area contributed by atoms with Crippen LogP contribution in [-0.2, 0) is 31.1 Å². The first-order chi connectivity index (χ1) is 18.5. The van der Waals surface area contributed by atoms with Crippen molar-refractivity contribution in [3.63, 3.8) is 0 Å². The number of hydrogen-bond acceptors (Lipinski definition) is 14.